The van der Waals surface area contributed by atoms with Crippen LogP contribution in [0.2, 0.25) is 0 Å². The van der Waals surface area contributed by atoms with Gasteiger partial charge in [0.15, 0.2) is 0 Å². The highest BCUT2D eigenvalue weighted by Crippen LogP contribution is 2.44. The number of esters is 1. The number of carbonyl (C=O) groups excluding carboxylic acids is 1. The maximum atomic E-state index is 12.7. The van der Waals surface area contributed by atoms with E-state index in [0.29, 0.717) is 17.9 Å². The van der Waals surface area contributed by atoms with Crippen molar-refractivity contribution in [1.29, 1.82) is 0 Å². The highest BCUT2D eigenvalue weighted by molar-refractivity contribution is 6.17. The van der Waals surface area contributed by atoms with Gasteiger partial charge in [0, 0.05) is 11.4 Å². The number of alkyl halides is 1. The van der Waals surface area contributed by atoms with E-state index in [1.807, 2.05) is 25.1 Å². The van der Waals surface area contributed by atoms with Gasteiger partial charge in [0.2, 0.25) is 0 Å². The standard InChI is InChI=1S/C21H23ClO3/c1-3-25-21(24)19-18-15(11-10-14-7-4-5-8-17(14)18)13(2)16(20(19)23)9-6-12-22/h4-5,7-8,23H,3,6,9-12H2,1-2H3. The normalized spacial score (nSPS) is 12.4. The third-order valence-corrected chi connectivity index (χ3v) is 5.22. The molecule has 4 heteroatoms. The van der Waals surface area contributed by atoms with Gasteiger partial charge in [0.25, 0.3) is 0 Å². The van der Waals surface area contributed by atoms with Crippen LogP contribution in [-0.2, 0) is 24.0 Å². The second-order valence-corrected chi connectivity index (χ2v) is 6.73. The molecule has 0 fully saturated rings. The Morgan fingerprint density at radius 1 is 1.28 bits per heavy atom. The van der Waals surface area contributed by atoms with Crippen molar-refractivity contribution in [3.63, 3.8) is 0 Å². The van der Waals surface area contributed by atoms with E-state index in [-0.39, 0.29) is 12.4 Å². The van der Waals surface area contributed by atoms with Gasteiger partial charge < -0.3 is 9.84 Å². The number of ether oxygens (including phenoxy) is 1. The zero-order chi connectivity index (χ0) is 18.0. The molecular formula is C21H23ClO3. The predicted molar refractivity (Wildman–Crippen MR) is 101 cm³/mol. The number of aromatic hydroxyl groups is 1. The smallest absolute Gasteiger partial charge is 0.342 e. The summed E-state index contributed by atoms with van der Waals surface area (Å²) in [5.74, 6) is 0.115. The van der Waals surface area contributed by atoms with Gasteiger partial charge in [-0.25, -0.2) is 4.79 Å². The molecule has 132 valence electrons. The van der Waals surface area contributed by atoms with Gasteiger partial charge in [-0.15, -0.1) is 11.6 Å². The summed E-state index contributed by atoms with van der Waals surface area (Å²) in [6, 6.07) is 8.08. The number of benzene rings is 2. The van der Waals surface area contributed by atoms with E-state index < -0.39 is 5.97 Å². The van der Waals surface area contributed by atoms with Gasteiger partial charge in [-0.2, -0.15) is 0 Å². The van der Waals surface area contributed by atoms with E-state index in [2.05, 4.69) is 6.07 Å². The SMILES string of the molecule is CCOC(=O)c1c(O)c(CCCCl)c(C)c2c1-c1ccccc1CC2. The van der Waals surface area contributed by atoms with Crippen LogP contribution in [0, 0.1) is 6.92 Å². The molecule has 0 saturated carbocycles. The monoisotopic (exact) mass is 358 g/mol. The zero-order valence-corrected chi connectivity index (χ0v) is 15.4. The number of aryl methyl sites for hydroxylation is 1. The average molecular weight is 359 g/mol. The van der Waals surface area contributed by atoms with Gasteiger partial charge in [-0.1, -0.05) is 24.3 Å². The van der Waals surface area contributed by atoms with Gasteiger partial charge >= 0.3 is 5.97 Å². The summed E-state index contributed by atoms with van der Waals surface area (Å²) in [6.07, 6.45) is 3.21. The molecule has 2 aromatic carbocycles. The lowest BCUT2D eigenvalue weighted by atomic mass is 9.78. The molecule has 3 nitrogen and oxygen atoms in total. The van der Waals surface area contributed by atoms with Crippen LogP contribution in [0.25, 0.3) is 11.1 Å². The number of carbonyl (C=O) groups is 1. The molecule has 1 aliphatic rings. The number of phenols is 1. The van der Waals surface area contributed by atoms with Crippen LogP contribution in [0.3, 0.4) is 0 Å². The van der Waals surface area contributed by atoms with Gasteiger partial charge in [0.1, 0.15) is 11.3 Å². The lowest BCUT2D eigenvalue weighted by Crippen LogP contribution is -2.16. The highest BCUT2D eigenvalue weighted by atomic mass is 35.5. The molecule has 2 aromatic rings. The Labute approximate surface area is 153 Å². The van der Waals surface area contributed by atoms with Crippen molar-refractivity contribution >= 4 is 17.6 Å². The molecular weight excluding hydrogens is 336 g/mol. The van der Waals surface area contributed by atoms with Gasteiger partial charge in [0.05, 0.1) is 6.61 Å². The largest absolute Gasteiger partial charge is 0.507 e. The van der Waals surface area contributed by atoms with Crippen molar-refractivity contribution in [2.24, 2.45) is 0 Å². The zero-order valence-electron chi connectivity index (χ0n) is 14.7. The fourth-order valence-electron chi connectivity index (χ4n) is 3.77. The van der Waals surface area contributed by atoms with E-state index in [1.54, 1.807) is 6.92 Å². The Balaban J connectivity index is 2.30. The van der Waals surface area contributed by atoms with E-state index in [4.69, 9.17) is 16.3 Å². The minimum absolute atomic E-state index is 0.0523. The first kappa shape index (κ1) is 17.8. The summed E-state index contributed by atoms with van der Waals surface area (Å²) in [5.41, 5.74) is 6.40. The first-order valence-corrected chi connectivity index (χ1v) is 9.32. The van der Waals surface area contributed by atoms with Crippen molar-refractivity contribution in [3.05, 3.63) is 52.1 Å². The molecule has 0 saturated heterocycles. The molecule has 0 heterocycles. The van der Waals surface area contributed by atoms with Crippen LogP contribution < -0.4 is 0 Å². The molecule has 0 amide bonds. The molecule has 0 atom stereocenters. The minimum Gasteiger partial charge on any atom is -0.507 e. The number of hydrogen-bond donors (Lipinski definition) is 1. The number of rotatable bonds is 5. The molecule has 1 aliphatic carbocycles. The molecule has 0 aliphatic heterocycles. The molecule has 25 heavy (non-hydrogen) atoms. The summed E-state index contributed by atoms with van der Waals surface area (Å²) in [4.78, 5) is 12.7. The second kappa shape index (κ2) is 7.49. The van der Waals surface area contributed by atoms with Crippen LogP contribution in [0.15, 0.2) is 24.3 Å². The molecule has 0 spiro atoms. The summed E-state index contributed by atoms with van der Waals surface area (Å²) in [7, 11) is 0. The molecule has 0 bridgehead atoms. The van der Waals surface area contributed by atoms with Crippen molar-refractivity contribution < 1.29 is 14.6 Å². The van der Waals surface area contributed by atoms with E-state index in [0.717, 1.165) is 47.1 Å². The Hall–Kier alpha value is -2.00. The molecule has 1 N–H and O–H groups in total. The first-order chi connectivity index (χ1) is 12.1. The highest BCUT2D eigenvalue weighted by Gasteiger charge is 2.30. The lowest BCUT2D eigenvalue weighted by Gasteiger charge is -2.27. The fraction of sp³-hybridized carbons (Fsp3) is 0.381. The van der Waals surface area contributed by atoms with Crippen LogP contribution in [-0.4, -0.2) is 23.6 Å². The summed E-state index contributed by atoms with van der Waals surface area (Å²) in [6.45, 7) is 4.09. The number of halogens is 1. The van der Waals surface area contributed by atoms with Gasteiger partial charge in [-0.05, 0) is 67.3 Å². The van der Waals surface area contributed by atoms with Crippen molar-refractivity contribution in [2.45, 2.75) is 39.5 Å². The molecule has 3 rings (SSSR count). The minimum atomic E-state index is -0.458. The molecule has 0 aromatic heterocycles. The van der Waals surface area contributed by atoms with E-state index in [1.165, 1.54) is 5.56 Å². The molecule has 0 unspecified atom stereocenters. The number of hydrogen-bond acceptors (Lipinski definition) is 3. The van der Waals surface area contributed by atoms with E-state index >= 15 is 0 Å². The number of phenolic OH excluding ortho intramolecular Hbond substituents is 1. The topological polar surface area (TPSA) is 46.5 Å². The summed E-state index contributed by atoms with van der Waals surface area (Å²) >= 11 is 5.85. The quantitative estimate of drug-likeness (QED) is 0.616. The average Bonchev–Trinajstić information content (AvgIpc) is 2.61. The van der Waals surface area contributed by atoms with Crippen molar-refractivity contribution in [3.8, 4) is 16.9 Å². The Bertz CT molecular complexity index is 811. The lowest BCUT2D eigenvalue weighted by molar-refractivity contribution is 0.0523. The fourth-order valence-corrected chi connectivity index (χ4v) is 3.90. The molecule has 0 radical (unpaired) electrons. The summed E-state index contributed by atoms with van der Waals surface area (Å²) in [5, 5.41) is 10.9. The van der Waals surface area contributed by atoms with Crippen molar-refractivity contribution in [1.82, 2.24) is 0 Å². The maximum absolute atomic E-state index is 12.7. The Morgan fingerprint density at radius 2 is 2.04 bits per heavy atom. The van der Waals surface area contributed by atoms with E-state index in [9.17, 15) is 9.90 Å². The summed E-state index contributed by atoms with van der Waals surface area (Å²) < 4.78 is 5.26. The van der Waals surface area contributed by atoms with Crippen LogP contribution in [0.1, 0.15) is 46.0 Å². The Kier molecular flexibility index (Phi) is 5.33. The van der Waals surface area contributed by atoms with Gasteiger partial charge in [-0.3, -0.25) is 0 Å². The Morgan fingerprint density at radius 3 is 2.76 bits per heavy atom. The maximum Gasteiger partial charge on any atom is 0.342 e. The predicted octanol–water partition coefficient (Wildman–Crippen LogP) is 4.81. The third-order valence-electron chi connectivity index (χ3n) is 4.95. The van der Waals surface area contributed by atoms with Crippen molar-refractivity contribution in [2.75, 3.05) is 12.5 Å². The van der Waals surface area contributed by atoms with Crippen LogP contribution in [0.4, 0.5) is 0 Å². The van der Waals surface area contributed by atoms with Crippen LogP contribution >= 0.6 is 11.6 Å². The first-order valence-electron chi connectivity index (χ1n) is 8.78. The number of fused-ring (bicyclic) bond motifs is 3. The third kappa shape index (κ3) is 3.13. The van der Waals surface area contributed by atoms with Crippen LogP contribution in [0.5, 0.6) is 5.75 Å². The second-order valence-electron chi connectivity index (χ2n) is 6.35.